The SMILES string of the molecule is CCCCOCCCNC(=NC)NCc1ccc(Cn2ccnc2)cc1. The molecule has 0 amide bonds. The van der Waals surface area contributed by atoms with Gasteiger partial charge in [-0.05, 0) is 24.0 Å². The van der Waals surface area contributed by atoms with Gasteiger partial charge in [0.2, 0.25) is 0 Å². The van der Waals surface area contributed by atoms with Gasteiger partial charge in [0.1, 0.15) is 0 Å². The van der Waals surface area contributed by atoms with Crippen molar-refractivity contribution in [3.05, 3.63) is 54.1 Å². The summed E-state index contributed by atoms with van der Waals surface area (Å²) in [7, 11) is 1.79. The second-order valence-corrected chi connectivity index (χ2v) is 6.22. The smallest absolute Gasteiger partial charge is 0.191 e. The molecule has 0 aliphatic carbocycles. The fraction of sp³-hybridized carbons (Fsp3) is 0.500. The van der Waals surface area contributed by atoms with Crippen LogP contribution in [0.1, 0.15) is 37.3 Å². The number of rotatable bonds is 11. The molecule has 2 rings (SSSR count). The van der Waals surface area contributed by atoms with E-state index in [0.29, 0.717) is 0 Å². The first-order chi connectivity index (χ1) is 12.8. The summed E-state index contributed by atoms with van der Waals surface area (Å²) in [6.07, 6.45) is 8.90. The number of aromatic nitrogens is 2. The molecule has 2 aromatic rings. The van der Waals surface area contributed by atoms with Crippen molar-refractivity contribution in [2.24, 2.45) is 4.99 Å². The van der Waals surface area contributed by atoms with Crippen LogP contribution in [0.3, 0.4) is 0 Å². The van der Waals surface area contributed by atoms with Crippen LogP contribution in [0, 0.1) is 0 Å². The maximum atomic E-state index is 5.56. The van der Waals surface area contributed by atoms with Gasteiger partial charge in [0.25, 0.3) is 0 Å². The zero-order valence-electron chi connectivity index (χ0n) is 15.9. The lowest BCUT2D eigenvalue weighted by atomic mass is 10.1. The molecule has 0 aliphatic rings. The molecule has 26 heavy (non-hydrogen) atoms. The highest BCUT2D eigenvalue weighted by atomic mass is 16.5. The Hall–Kier alpha value is -2.34. The van der Waals surface area contributed by atoms with E-state index in [9.17, 15) is 0 Å². The summed E-state index contributed by atoms with van der Waals surface area (Å²) in [4.78, 5) is 8.33. The minimum absolute atomic E-state index is 0.748. The summed E-state index contributed by atoms with van der Waals surface area (Å²) in [6, 6.07) is 8.60. The highest BCUT2D eigenvalue weighted by molar-refractivity contribution is 5.79. The second-order valence-electron chi connectivity index (χ2n) is 6.22. The topological polar surface area (TPSA) is 63.5 Å². The van der Waals surface area contributed by atoms with Gasteiger partial charge in [-0.3, -0.25) is 4.99 Å². The molecular weight excluding hydrogens is 326 g/mol. The minimum atomic E-state index is 0.748. The van der Waals surface area contributed by atoms with Crippen LogP contribution in [-0.2, 0) is 17.8 Å². The Morgan fingerprint density at radius 1 is 1.12 bits per heavy atom. The van der Waals surface area contributed by atoms with Gasteiger partial charge in [-0.15, -0.1) is 0 Å². The number of benzene rings is 1. The molecule has 0 fully saturated rings. The van der Waals surface area contributed by atoms with Crippen molar-refractivity contribution < 1.29 is 4.74 Å². The predicted molar refractivity (Wildman–Crippen MR) is 106 cm³/mol. The fourth-order valence-electron chi connectivity index (χ4n) is 2.49. The van der Waals surface area contributed by atoms with E-state index in [1.54, 1.807) is 13.2 Å². The van der Waals surface area contributed by atoms with Gasteiger partial charge in [0, 0.05) is 52.3 Å². The predicted octanol–water partition coefficient (Wildman–Crippen LogP) is 2.80. The van der Waals surface area contributed by atoms with Gasteiger partial charge < -0.3 is 19.9 Å². The maximum Gasteiger partial charge on any atom is 0.191 e. The lowest BCUT2D eigenvalue weighted by Gasteiger charge is -2.12. The van der Waals surface area contributed by atoms with Crippen molar-refractivity contribution in [1.29, 1.82) is 0 Å². The molecule has 2 N–H and O–H groups in total. The van der Waals surface area contributed by atoms with E-state index in [0.717, 1.165) is 51.6 Å². The molecule has 0 saturated heterocycles. The van der Waals surface area contributed by atoms with Gasteiger partial charge in [0.05, 0.1) is 6.33 Å². The Morgan fingerprint density at radius 3 is 2.58 bits per heavy atom. The molecule has 0 spiro atoms. The number of nitrogens with zero attached hydrogens (tertiary/aromatic N) is 3. The van der Waals surface area contributed by atoms with Crippen LogP contribution in [0.15, 0.2) is 48.0 Å². The molecule has 0 atom stereocenters. The normalized spacial score (nSPS) is 11.5. The summed E-state index contributed by atoms with van der Waals surface area (Å²) in [6.45, 7) is 6.28. The number of nitrogens with one attached hydrogen (secondary N) is 2. The fourth-order valence-corrected chi connectivity index (χ4v) is 2.49. The number of aliphatic imine (C=N–C) groups is 1. The molecule has 0 unspecified atom stereocenters. The van der Waals surface area contributed by atoms with Crippen molar-refractivity contribution in [3.63, 3.8) is 0 Å². The van der Waals surface area contributed by atoms with Crippen molar-refractivity contribution in [1.82, 2.24) is 20.2 Å². The molecule has 0 saturated carbocycles. The number of hydrogen-bond donors (Lipinski definition) is 2. The second kappa shape index (κ2) is 12.1. The van der Waals surface area contributed by atoms with Crippen LogP contribution in [0.5, 0.6) is 0 Å². The molecule has 1 aromatic heterocycles. The van der Waals surface area contributed by atoms with Gasteiger partial charge >= 0.3 is 0 Å². The van der Waals surface area contributed by atoms with Crippen molar-refractivity contribution >= 4 is 5.96 Å². The van der Waals surface area contributed by atoms with Gasteiger partial charge in [0.15, 0.2) is 5.96 Å². The summed E-state index contributed by atoms with van der Waals surface area (Å²) in [5.74, 6) is 0.820. The monoisotopic (exact) mass is 357 g/mol. The molecule has 0 bridgehead atoms. The maximum absolute atomic E-state index is 5.56. The summed E-state index contributed by atoms with van der Waals surface area (Å²) < 4.78 is 7.62. The zero-order chi connectivity index (χ0) is 18.5. The molecule has 142 valence electrons. The Balaban J connectivity index is 1.64. The van der Waals surface area contributed by atoms with Gasteiger partial charge in [-0.1, -0.05) is 37.6 Å². The van der Waals surface area contributed by atoms with Crippen LogP contribution in [0.4, 0.5) is 0 Å². The first kappa shape index (κ1) is 20.0. The molecule has 0 radical (unpaired) electrons. The summed E-state index contributed by atoms with van der Waals surface area (Å²) in [5, 5.41) is 6.67. The van der Waals surface area contributed by atoms with Crippen LogP contribution < -0.4 is 10.6 Å². The molecular formula is C20H31N5O. The van der Waals surface area contributed by atoms with Gasteiger partial charge in [-0.2, -0.15) is 0 Å². The van der Waals surface area contributed by atoms with Crippen molar-refractivity contribution in [3.8, 4) is 0 Å². The van der Waals surface area contributed by atoms with E-state index < -0.39 is 0 Å². The van der Waals surface area contributed by atoms with Crippen LogP contribution in [0.25, 0.3) is 0 Å². The molecule has 1 aromatic carbocycles. The number of unbranched alkanes of at least 4 members (excludes halogenated alkanes) is 1. The van der Waals surface area contributed by atoms with E-state index in [-0.39, 0.29) is 0 Å². The Bertz CT molecular complexity index is 622. The zero-order valence-corrected chi connectivity index (χ0v) is 15.9. The Morgan fingerprint density at radius 2 is 1.88 bits per heavy atom. The minimum Gasteiger partial charge on any atom is -0.381 e. The first-order valence-electron chi connectivity index (χ1n) is 9.37. The van der Waals surface area contributed by atoms with E-state index in [1.807, 2.05) is 12.5 Å². The quantitative estimate of drug-likeness (QED) is 0.369. The van der Waals surface area contributed by atoms with Crippen LogP contribution in [-0.4, -0.2) is 42.3 Å². The lowest BCUT2D eigenvalue weighted by Crippen LogP contribution is -2.37. The molecule has 6 nitrogen and oxygen atoms in total. The van der Waals surface area contributed by atoms with E-state index >= 15 is 0 Å². The number of imidazole rings is 1. The van der Waals surface area contributed by atoms with Crippen LogP contribution >= 0.6 is 0 Å². The van der Waals surface area contributed by atoms with Crippen molar-refractivity contribution in [2.45, 2.75) is 39.3 Å². The third-order valence-corrected chi connectivity index (χ3v) is 4.03. The molecule has 6 heteroatoms. The highest BCUT2D eigenvalue weighted by Crippen LogP contribution is 2.06. The number of hydrogen-bond acceptors (Lipinski definition) is 3. The lowest BCUT2D eigenvalue weighted by molar-refractivity contribution is 0.129. The average molecular weight is 358 g/mol. The van der Waals surface area contributed by atoms with E-state index in [1.165, 1.54) is 17.5 Å². The van der Waals surface area contributed by atoms with E-state index in [2.05, 4.69) is 56.4 Å². The largest absolute Gasteiger partial charge is 0.381 e. The molecule has 0 aliphatic heterocycles. The standard InChI is InChI=1S/C20H31N5O/c1-3-4-13-26-14-5-10-23-20(21-2)24-15-18-6-8-19(9-7-18)16-25-12-11-22-17-25/h6-9,11-12,17H,3-5,10,13-16H2,1-2H3,(H2,21,23,24). The molecule has 1 heterocycles. The highest BCUT2D eigenvalue weighted by Gasteiger charge is 2.00. The van der Waals surface area contributed by atoms with Gasteiger partial charge in [-0.25, -0.2) is 4.98 Å². The summed E-state index contributed by atoms with van der Waals surface area (Å²) in [5.41, 5.74) is 2.49. The Kier molecular flexibility index (Phi) is 9.29. The average Bonchev–Trinajstić information content (AvgIpc) is 3.17. The summed E-state index contributed by atoms with van der Waals surface area (Å²) >= 11 is 0. The third-order valence-electron chi connectivity index (χ3n) is 4.03. The van der Waals surface area contributed by atoms with Crippen molar-refractivity contribution in [2.75, 3.05) is 26.8 Å². The number of ether oxygens (including phenoxy) is 1. The third kappa shape index (κ3) is 7.70. The Labute approximate surface area is 156 Å². The van der Waals surface area contributed by atoms with E-state index in [4.69, 9.17) is 4.74 Å². The number of guanidine groups is 1. The van der Waals surface area contributed by atoms with Crippen LogP contribution in [0.2, 0.25) is 0 Å². The first-order valence-corrected chi connectivity index (χ1v) is 9.37.